The molecule has 0 unspecified atom stereocenters. The number of halogens is 3. The number of piperidine rings is 1. The minimum atomic E-state index is -4.30. The molecular formula is C21H23F3N6O3S. The molecule has 0 radical (unpaired) electrons. The molecule has 13 heteroatoms. The normalized spacial score (nSPS) is 16.1. The monoisotopic (exact) mass is 496 g/mol. The number of nitrogens with zero attached hydrogens (tertiary/aromatic N) is 3. The second kappa shape index (κ2) is 9.68. The molecule has 2 aromatic heterocycles. The molecule has 1 saturated heterocycles. The largest absolute Gasteiger partial charge is 0.401 e. The van der Waals surface area contributed by atoms with Crippen LogP contribution in [0, 0.1) is 0 Å². The van der Waals surface area contributed by atoms with Gasteiger partial charge >= 0.3 is 6.18 Å². The number of alkyl halides is 3. The summed E-state index contributed by atoms with van der Waals surface area (Å²) in [6.07, 6.45) is -0.681. The van der Waals surface area contributed by atoms with E-state index in [2.05, 4.69) is 25.8 Å². The van der Waals surface area contributed by atoms with Gasteiger partial charge in [-0.15, -0.1) is 0 Å². The highest BCUT2D eigenvalue weighted by Crippen LogP contribution is 2.22. The number of hydrogen-bond donors (Lipinski definition) is 3. The second-order valence-electron chi connectivity index (χ2n) is 8.03. The van der Waals surface area contributed by atoms with Gasteiger partial charge in [-0.25, -0.2) is 13.4 Å². The van der Waals surface area contributed by atoms with Gasteiger partial charge in [-0.05, 0) is 36.6 Å². The van der Waals surface area contributed by atoms with Crippen molar-refractivity contribution in [3.8, 4) is 0 Å². The number of aromatic nitrogens is 3. The van der Waals surface area contributed by atoms with Crippen molar-refractivity contribution < 1.29 is 26.4 Å². The van der Waals surface area contributed by atoms with Gasteiger partial charge in [0, 0.05) is 37.3 Å². The lowest BCUT2D eigenvalue weighted by Crippen LogP contribution is -2.46. The molecule has 0 atom stereocenters. The fourth-order valence-corrected chi connectivity index (χ4v) is 5.20. The highest BCUT2D eigenvalue weighted by molar-refractivity contribution is 7.89. The molecule has 9 nitrogen and oxygen atoms in total. The summed E-state index contributed by atoms with van der Waals surface area (Å²) in [6, 6.07) is 7.44. The van der Waals surface area contributed by atoms with Gasteiger partial charge in [-0.1, -0.05) is 12.1 Å². The first-order valence-electron chi connectivity index (χ1n) is 10.6. The van der Waals surface area contributed by atoms with Crippen LogP contribution in [0.25, 0.3) is 11.0 Å². The number of carbonyl (C=O) groups excluding carboxylic acids is 1. The zero-order valence-electron chi connectivity index (χ0n) is 18.0. The molecule has 1 aliphatic rings. The van der Waals surface area contributed by atoms with Gasteiger partial charge < -0.3 is 10.6 Å². The van der Waals surface area contributed by atoms with E-state index in [9.17, 15) is 26.4 Å². The van der Waals surface area contributed by atoms with Crippen molar-refractivity contribution in [1.82, 2.24) is 30.1 Å². The van der Waals surface area contributed by atoms with Crippen LogP contribution in [0.1, 0.15) is 28.8 Å². The predicted molar refractivity (Wildman–Crippen MR) is 117 cm³/mol. The third kappa shape index (κ3) is 5.72. The van der Waals surface area contributed by atoms with Crippen molar-refractivity contribution in [3.05, 3.63) is 53.9 Å². The summed E-state index contributed by atoms with van der Waals surface area (Å²) < 4.78 is 64.2. The lowest BCUT2D eigenvalue weighted by atomic mass is 10.1. The van der Waals surface area contributed by atoms with E-state index in [0.717, 1.165) is 0 Å². The molecule has 1 fully saturated rings. The van der Waals surface area contributed by atoms with E-state index in [1.165, 1.54) is 22.6 Å². The lowest BCUT2D eigenvalue weighted by Gasteiger charge is -2.32. The Kier molecular flexibility index (Phi) is 6.86. The number of nitrogens with one attached hydrogen (secondary N) is 3. The number of benzene rings is 1. The molecule has 1 aromatic carbocycles. The first-order chi connectivity index (χ1) is 16.1. The average molecular weight is 497 g/mol. The second-order valence-corrected chi connectivity index (χ2v) is 9.97. The summed E-state index contributed by atoms with van der Waals surface area (Å²) in [5.41, 5.74) is 1.66. The van der Waals surface area contributed by atoms with E-state index < -0.39 is 22.7 Å². The lowest BCUT2D eigenvalue weighted by molar-refractivity contribution is -0.126. The van der Waals surface area contributed by atoms with Crippen molar-refractivity contribution in [1.29, 1.82) is 0 Å². The molecule has 1 amide bonds. The molecule has 3 aromatic rings. The number of H-pyrrole nitrogens is 1. The average Bonchev–Trinajstić information content (AvgIpc) is 3.29. The molecule has 3 heterocycles. The van der Waals surface area contributed by atoms with Gasteiger partial charge in [0.05, 0.1) is 23.2 Å². The molecule has 0 aliphatic carbocycles. The van der Waals surface area contributed by atoms with E-state index in [1.54, 1.807) is 24.4 Å². The van der Waals surface area contributed by atoms with E-state index in [-0.39, 0.29) is 36.5 Å². The summed E-state index contributed by atoms with van der Waals surface area (Å²) in [4.78, 5) is 16.6. The molecule has 1 aliphatic heterocycles. The predicted octanol–water partition coefficient (Wildman–Crippen LogP) is 2.19. The Morgan fingerprint density at radius 1 is 1.15 bits per heavy atom. The molecule has 0 saturated carbocycles. The van der Waals surface area contributed by atoms with E-state index >= 15 is 0 Å². The quantitative estimate of drug-likeness (QED) is 0.461. The standard InChI is InChI=1S/C21H23F3N6O3S/c22-21(23,24)13-27-17-5-7-30(8-6-17)34(32,33)18-3-1-14(2-4-18)10-26-20(31)16-9-15-12-28-29-19(15)25-11-16/h1-4,9,11-12,17,27H,5-8,10,13H2,(H,26,31)(H,25,28,29). The highest BCUT2D eigenvalue weighted by Gasteiger charge is 2.32. The van der Waals surface area contributed by atoms with E-state index in [0.29, 0.717) is 35.0 Å². The number of hydrogen-bond acceptors (Lipinski definition) is 6. The molecular weight excluding hydrogens is 473 g/mol. The van der Waals surface area contributed by atoms with Crippen molar-refractivity contribution in [2.45, 2.75) is 36.5 Å². The van der Waals surface area contributed by atoms with Gasteiger partial charge in [0.25, 0.3) is 5.91 Å². The zero-order valence-corrected chi connectivity index (χ0v) is 18.8. The first kappa shape index (κ1) is 24.1. The smallest absolute Gasteiger partial charge is 0.348 e. The van der Waals surface area contributed by atoms with Crippen LogP contribution in [0.5, 0.6) is 0 Å². The SMILES string of the molecule is O=C(NCc1ccc(S(=O)(=O)N2CCC(NCC(F)(F)F)CC2)cc1)c1cnc2[nH]ncc2c1. The van der Waals surface area contributed by atoms with Gasteiger partial charge in [0.1, 0.15) is 0 Å². The summed E-state index contributed by atoms with van der Waals surface area (Å²) in [6.45, 7) is -0.606. The van der Waals surface area contributed by atoms with Crippen LogP contribution in [0.4, 0.5) is 13.2 Å². The van der Waals surface area contributed by atoms with E-state index in [4.69, 9.17) is 0 Å². The van der Waals surface area contributed by atoms with Gasteiger partial charge in [0.2, 0.25) is 10.0 Å². The number of sulfonamides is 1. The number of fused-ring (bicyclic) bond motifs is 1. The molecule has 0 spiro atoms. The maximum atomic E-state index is 12.9. The summed E-state index contributed by atoms with van der Waals surface area (Å²) in [5.74, 6) is -0.325. The molecule has 3 N–H and O–H groups in total. The van der Waals surface area contributed by atoms with Crippen LogP contribution in [-0.2, 0) is 16.6 Å². The van der Waals surface area contributed by atoms with Crippen molar-refractivity contribution in [2.75, 3.05) is 19.6 Å². The number of amides is 1. The first-order valence-corrected chi connectivity index (χ1v) is 12.0. The third-order valence-corrected chi connectivity index (χ3v) is 7.53. The molecule has 4 rings (SSSR count). The topological polar surface area (TPSA) is 120 Å². The van der Waals surface area contributed by atoms with Gasteiger partial charge in [-0.2, -0.15) is 22.6 Å². The van der Waals surface area contributed by atoms with Crippen LogP contribution >= 0.6 is 0 Å². The van der Waals surface area contributed by atoms with Crippen molar-refractivity contribution in [2.24, 2.45) is 0 Å². The molecule has 0 bridgehead atoms. The fourth-order valence-electron chi connectivity index (χ4n) is 3.73. The third-order valence-electron chi connectivity index (χ3n) is 5.61. The van der Waals surface area contributed by atoms with Crippen LogP contribution < -0.4 is 10.6 Å². The van der Waals surface area contributed by atoms with Crippen molar-refractivity contribution in [3.63, 3.8) is 0 Å². The minimum absolute atomic E-state index is 0.0962. The Bertz CT molecular complexity index is 1250. The number of pyridine rings is 1. The maximum Gasteiger partial charge on any atom is 0.401 e. The summed E-state index contributed by atoms with van der Waals surface area (Å²) >= 11 is 0. The van der Waals surface area contributed by atoms with Crippen molar-refractivity contribution >= 4 is 27.0 Å². The molecule has 182 valence electrons. The Labute approximate surface area is 193 Å². The number of carbonyl (C=O) groups is 1. The molecule has 34 heavy (non-hydrogen) atoms. The summed E-state index contributed by atoms with van der Waals surface area (Å²) in [7, 11) is -3.76. The van der Waals surface area contributed by atoms with Crippen LogP contribution in [0.15, 0.2) is 47.6 Å². The van der Waals surface area contributed by atoms with Crippen LogP contribution in [0.3, 0.4) is 0 Å². The maximum absolute atomic E-state index is 12.9. The minimum Gasteiger partial charge on any atom is -0.348 e. The Morgan fingerprint density at radius 2 is 1.85 bits per heavy atom. The number of rotatable bonds is 7. The highest BCUT2D eigenvalue weighted by atomic mass is 32.2. The Balaban J connectivity index is 1.31. The van der Waals surface area contributed by atoms with Crippen LogP contribution in [-0.4, -0.2) is 65.7 Å². The van der Waals surface area contributed by atoms with E-state index in [1.807, 2.05) is 0 Å². The Hall–Kier alpha value is -3.03. The number of aromatic amines is 1. The van der Waals surface area contributed by atoms with Gasteiger partial charge in [-0.3, -0.25) is 9.89 Å². The van der Waals surface area contributed by atoms with Crippen LogP contribution in [0.2, 0.25) is 0 Å². The summed E-state index contributed by atoms with van der Waals surface area (Å²) in [5, 5.41) is 12.5. The Morgan fingerprint density at radius 3 is 2.53 bits per heavy atom. The fraction of sp³-hybridized carbons (Fsp3) is 0.381. The van der Waals surface area contributed by atoms with Gasteiger partial charge in [0.15, 0.2) is 5.65 Å². The zero-order chi connectivity index (χ0) is 24.3.